The monoisotopic (exact) mass is 591 g/mol. The second kappa shape index (κ2) is 11.3. The largest absolute Gasteiger partial charge is 0.486 e. The number of ether oxygens (including phenoxy) is 1. The summed E-state index contributed by atoms with van der Waals surface area (Å²) in [5, 5.41) is 4.30. The third kappa shape index (κ3) is 5.50. The van der Waals surface area contributed by atoms with E-state index in [9.17, 15) is 22.0 Å². The second-order valence-electron chi connectivity index (χ2n) is 9.85. The smallest absolute Gasteiger partial charge is 0.248 e. The van der Waals surface area contributed by atoms with E-state index in [1.54, 1.807) is 23.1 Å². The van der Waals surface area contributed by atoms with Crippen LogP contribution in [0.1, 0.15) is 43.2 Å². The van der Waals surface area contributed by atoms with E-state index in [1.807, 2.05) is 6.92 Å². The van der Waals surface area contributed by atoms with Gasteiger partial charge in [-0.05, 0) is 68.7 Å². The molecule has 5 rings (SSSR count). The number of fused-ring (bicyclic) bond motifs is 1. The van der Waals surface area contributed by atoms with Crippen molar-refractivity contribution in [1.29, 1.82) is 0 Å². The fourth-order valence-electron chi connectivity index (χ4n) is 5.03. The molecule has 3 heterocycles. The topological polar surface area (TPSA) is 93.0 Å². The van der Waals surface area contributed by atoms with Crippen LogP contribution in [0.5, 0.6) is 5.75 Å². The molecule has 2 aromatic carbocycles. The SMILES string of the molecule is CCC1CN(C(=O)C2CCN(S(=O)(=O)c3c(C)noc3C=Cc3ccc(F)cc3F)CC2)c2cc(Cl)ccc2O1. The summed E-state index contributed by atoms with van der Waals surface area (Å²) < 4.78 is 67.1. The molecule has 0 spiro atoms. The van der Waals surface area contributed by atoms with Crippen molar-refractivity contribution in [3.63, 3.8) is 0 Å². The number of sulfonamides is 1. The third-order valence-corrected chi connectivity index (χ3v) is 9.52. The van der Waals surface area contributed by atoms with Crippen LogP contribution in [0.4, 0.5) is 14.5 Å². The minimum absolute atomic E-state index is 0.0631. The quantitative estimate of drug-likeness (QED) is 0.366. The van der Waals surface area contributed by atoms with Gasteiger partial charge in [-0.15, -0.1) is 0 Å². The van der Waals surface area contributed by atoms with Gasteiger partial charge in [-0.3, -0.25) is 4.79 Å². The molecule has 1 aromatic heterocycles. The Hall–Kier alpha value is -3.28. The number of halogens is 3. The Labute approximate surface area is 236 Å². The highest BCUT2D eigenvalue weighted by atomic mass is 35.5. The molecule has 1 saturated heterocycles. The number of aryl methyl sites for hydroxylation is 1. The highest BCUT2D eigenvalue weighted by molar-refractivity contribution is 7.89. The van der Waals surface area contributed by atoms with Gasteiger partial charge in [0.2, 0.25) is 15.9 Å². The summed E-state index contributed by atoms with van der Waals surface area (Å²) in [6.45, 7) is 4.15. The number of carbonyl (C=O) groups is 1. The number of aromatic nitrogens is 1. The van der Waals surface area contributed by atoms with E-state index < -0.39 is 21.7 Å². The Morgan fingerprint density at radius 3 is 2.60 bits per heavy atom. The fourth-order valence-corrected chi connectivity index (χ4v) is 6.92. The summed E-state index contributed by atoms with van der Waals surface area (Å²) in [6.07, 6.45) is 3.84. The van der Waals surface area contributed by atoms with Crippen LogP contribution in [-0.4, -0.2) is 49.5 Å². The van der Waals surface area contributed by atoms with Crippen molar-refractivity contribution >= 4 is 45.4 Å². The molecule has 212 valence electrons. The molecule has 2 aliphatic heterocycles. The van der Waals surface area contributed by atoms with Crippen molar-refractivity contribution in [3.8, 4) is 5.75 Å². The first-order valence-electron chi connectivity index (χ1n) is 13.0. The van der Waals surface area contributed by atoms with Crippen LogP contribution in [0.15, 0.2) is 45.8 Å². The zero-order valence-corrected chi connectivity index (χ0v) is 23.5. The van der Waals surface area contributed by atoms with Gasteiger partial charge in [0.1, 0.15) is 29.2 Å². The molecule has 1 fully saturated rings. The van der Waals surface area contributed by atoms with E-state index in [4.69, 9.17) is 20.9 Å². The number of hydrogen-bond donors (Lipinski definition) is 0. The number of rotatable bonds is 6. The van der Waals surface area contributed by atoms with E-state index in [0.717, 1.165) is 18.6 Å². The Bertz CT molecular complexity index is 1570. The molecular weight excluding hydrogens is 564 g/mol. The van der Waals surface area contributed by atoms with Gasteiger partial charge >= 0.3 is 0 Å². The number of carbonyl (C=O) groups excluding carboxylic acids is 1. The molecule has 8 nitrogen and oxygen atoms in total. The van der Waals surface area contributed by atoms with E-state index in [1.165, 1.54) is 29.4 Å². The van der Waals surface area contributed by atoms with Gasteiger partial charge in [0.15, 0.2) is 10.7 Å². The lowest BCUT2D eigenvalue weighted by Gasteiger charge is -2.38. The molecule has 0 saturated carbocycles. The van der Waals surface area contributed by atoms with Crippen molar-refractivity contribution in [2.45, 2.75) is 44.1 Å². The zero-order valence-electron chi connectivity index (χ0n) is 21.9. The lowest BCUT2D eigenvalue weighted by Crippen LogP contribution is -2.48. The zero-order chi connectivity index (χ0) is 28.6. The minimum Gasteiger partial charge on any atom is -0.486 e. The molecule has 0 aliphatic carbocycles. The van der Waals surface area contributed by atoms with Gasteiger partial charge in [-0.1, -0.05) is 23.7 Å². The van der Waals surface area contributed by atoms with Crippen molar-refractivity contribution in [2.24, 2.45) is 5.92 Å². The van der Waals surface area contributed by atoms with Gasteiger partial charge in [0.05, 0.1) is 12.2 Å². The number of piperidine rings is 1. The van der Waals surface area contributed by atoms with Crippen LogP contribution in [-0.2, 0) is 14.8 Å². The minimum atomic E-state index is -4.03. The number of benzene rings is 2. The van der Waals surface area contributed by atoms with Gasteiger partial charge in [0.25, 0.3) is 0 Å². The molecule has 1 unspecified atom stereocenters. The molecule has 12 heteroatoms. The molecule has 1 amide bonds. The Morgan fingerprint density at radius 1 is 1.15 bits per heavy atom. The number of amides is 1. The molecule has 0 radical (unpaired) electrons. The van der Waals surface area contributed by atoms with Gasteiger partial charge in [-0.25, -0.2) is 17.2 Å². The maximum absolute atomic E-state index is 14.1. The van der Waals surface area contributed by atoms with E-state index in [-0.39, 0.29) is 52.9 Å². The predicted molar refractivity (Wildman–Crippen MR) is 147 cm³/mol. The molecular formula is C28H28ClF2N3O5S. The maximum atomic E-state index is 14.1. The van der Waals surface area contributed by atoms with Crippen LogP contribution in [0, 0.1) is 24.5 Å². The second-order valence-corrected chi connectivity index (χ2v) is 12.2. The van der Waals surface area contributed by atoms with Crippen LogP contribution in [0.3, 0.4) is 0 Å². The standard InChI is InChI=1S/C28H28ClF2N3O5S/c1-3-22-16-34(24-14-20(29)6-9-25(24)38-22)28(35)19-10-12-33(13-11-19)40(36,37)27-17(2)32-39-26(27)8-5-18-4-7-21(30)15-23(18)31/h4-9,14-15,19,22H,3,10-13,16H2,1-2H3. The normalized spacial score (nSPS) is 18.6. The third-order valence-electron chi connectivity index (χ3n) is 7.22. The summed E-state index contributed by atoms with van der Waals surface area (Å²) in [6, 6.07) is 8.26. The van der Waals surface area contributed by atoms with Crippen molar-refractivity contribution in [2.75, 3.05) is 24.5 Å². The fraction of sp³-hybridized carbons (Fsp3) is 0.357. The van der Waals surface area contributed by atoms with E-state index >= 15 is 0 Å². The predicted octanol–water partition coefficient (Wildman–Crippen LogP) is 5.69. The number of anilines is 1. The average Bonchev–Trinajstić information content (AvgIpc) is 3.32. The first-order valence-corrected chi connectivity index (χ1v) is 14.8. The summed E-state index contributed by atoms with van der Waals surface area (Å²) >= 11 is 6.20. The first kappa shape index (κ1) is 28.3. The molecule has 0 N–H and O–H groups in total. The van der Waals surface area contributed by atoms with E-state index in [2.05, 4.69) is 5.16 Å². The van der Waals surface area contributed by atoms with Crippen LogP contribution < -0.4 is 9.64 Å². The average molecular weight is 592 g/mol. The summed E-state index contributed by atoms with van der Waals surface area (Å²) in [4.78, 5) is 15.2. The Kier molecular flexibility index (Phi) is 7.98. The Morgan fingerprint density at radius 2 is 1.90 bits per heavy atom. The summed E-state index contributed by atoms with van der Waals surface area (Å²) in [5.41, 5.74) is 0.839. The highest BCUT2D eigenvalue weighted by Gasteiger charge is 2.39. The Balaban J connectivity index is 1.32. The molecule has 2 aliphatic rings. The van der Waals surface area contributed by atoms with Crippen LogP contribution in [0.2, 0.25) is 5.02 Å². The molecule has 1 atom stereocenters. The highest BCUT2D eigenvalue weighted by Crippen LogP contribution is 2.38. The van der Waals surface area contributed by atoms with Crippen molar-refractivity contribution in [1.82, 2.24) is 9.46 Å². The van der Waals surface area contributed by atoms with E-state index in [0.29, 0.717) is 35.8 Å². The molecule has 3 aromatic rings. The van der Waals surface area contributed by atoms with Crippen molar-refractivity contribution in [3.05, 3.63) is 70.1 Å². The van der Waals surface area contributed by atoms with Gasteiger partial charge < -0.3 is 14.2 Å². The van der Waals surface area contributed by atoms with Crippen molar-refractivity contribution < 1.29 is 31.3 Å². The molecule has 0 bridgehead atoms. The lowest BCUT2D eigenvalue weighted by molar-refractivity contribution is -0.124. The first-order chi connectivity index (χ1) is 19.1. The van der Waals surface area contributed by atoms with Crippen LogP contribution >= 0.6 is 11.6 Å². The number of nitrogens with zero attached hydrogens (tertiary/aromatic N) is 3. The van der Waals surface area contributed by atoms with Gasteiger partial charge in [0, 0.05) is 35.7 Å². The number of hydrogen-bond acceptors (Lipinski definition) is 6. The van der Waals surface area contributed by atoms with Crippen LogP contribution in [0.25, 0.3) is 12.2 Å². The summed E-state index contributed by atoms with van der Waals surface area (Å²) in [5.74, 6) is -1.44. The summed E-state index contributed by atoms with van der Waals surface area (Å²) in [7, 11) is -4.03. The van der Waals surface area contributed by atoms with Gasteiger partial charge in [-0.2, -0.15) is 4.31 Å². The molecule has 40 heavy (non-hydrogen) atoms. The maximum Gasteiger partial charge on any atom is 0.248 e. The lowest BCUT2D eigenvalue weighted by atomic mass is 9.95.